The molecule has 0 unspecified atom stereocenters. The Morgan fingerprint density at radius 1 is 1.25 bits per heavy atom. The number of benzene rings is 1. The van der Waals surface area contributed by atoms with Gasteiger partial charge in [0.15, 0.2) is 10.3 Å². The Hall–Kier alpha value is -3.01. The molecule has 194 valence electrons. The van der Waals surface area contributed by atoms with Gasteiger partial charge in [0.05, 0.1) is 35.0 Å². The van der Waals surface area contributed by atoms with E-state index in [1.54, 1.807) is 12.4 Å². The van der Waals surface area contributed by atoms with E-state index in [1.807, 2.05) is 13.8 Å². The van der Waals surface area contributed by atoms with Gasteiger partial charge >= 0.3 is 0 Å². The number of sulfonamides is 1. The number of halogens is 1. The number of nitrogens with zero attached hydrogens (tertiary/aromatic N) is 2. The molecule has 0 saturated carbocycles. The van der Waals surface area contributed by atoms with E-state index in [-0.39, 0.29) is 29.0 Å². The minimum atomic E-state index is -3.47. The molecule has 11 nitrogen and oxygen atoms in total. The molecule has 0 spiro atoms. The lowest BCUT2D eigenvalue weighted by Crippen LogP contribution is -2.22. The number of carbonyl (C=O) groups is 2. The van der Waals surface area contributed by atoms with Gasteiger partial charge in [0.25, 0.3) is 0 Å². The number of H-pyrrole nitrogens is 1. The molecule has 2 heterocycles. The second kappa shape index (κ2) is 12.3. The summed E-state index contributed by atoms with van der Waals surface area (Å²) in [6.45, 7) is 4.10. The Labute approximate surface area is 215 Å². The number of thiazole rings is 1. The van der Waals surface area contributed by atoms with E-state index >= 15 is 0 Å². The minimum Gasteiger partial charge on any atom is -0.491 e. The number of ether oxygens (including phenoxy) is 1. The van der Waals surface area contributed by atoms with Crippen LogP contribution >= 0.6 is 23.1 Å². The van der Waals surface area contributed by atoms with Gasteiger partial charge in [0.2, 0.25) is 21.8 Å². The largest absolute Gasteiger partial charge is 0.491 e. The van der Waals surface area contributed by atoms with Gasteiger partial charge in [0.1, 0.15) is 18.0 Å². The third-order valence-electron chi connectivity index (χ3n) is 4.18. The first kappa shape index (κ1) is 27.6. The fourth-order valence-electron chi connectivity index (χ4n) is 2.66. The predicted molar refractivity (Wildman–Crippen MR) is 135 cm³/mol. The van der Waals surface area contributed by atoms with Crippen LogP contribution in [0.5, 0.6) is 5.75 Å². The molecule has 15 heteroatoms. The monoisotopic (exact) mass is 556 g/mol. The number of aromatic amines is 1. The van der Waals surface area contributed by atoms with E-state index in [4.69, 9.17) is 4.74 Å². The summed E-state index contributed by atoms with van der Waals surface area (Å²) in [4.78, 5) is 36.3. The molecule has 36 heavy (non-hydrogen) atoms. The van der Waals surface area contributed by atoms with E-state index in [9.17, 15) is 22.4 Å². The van der Waals surface area contributed by atoms with Gasteiger partial charge < -0.3 is 20.4 Å². The number of hydrogen-bond acceptors (Lipinski definition) is 9. The second-order valence-corrected chi connectivity index (χ2v) is 12.1. The van der Waals surface area contributed by atoms with Crippen molar-refractivity contribution in [1.29, 1.82) is 0 Å². The average Bonchev–Trinajstić information content (AvgIpc) is 3.41. The summed E-state index contributed by atoms with van der Waals surface area (Å²) in [5.74, 6) is -1.42. The predicted octanol–water partition coefficient (Wildman–Crippen LogP) is 3.21. The number of anilines is 2. The molecular formula is C21H25FN6O5S3. The molecule has 1 aromatic carbocycles. The van der Waals surface area contributed by atoms with E-state index in [1.165, 1.54) is 23.9 Å². The van der Waals surface area contributed by atoms with Crippen molar-refractivity contribution in [2.75, 3.05) is 23.5 Å². The average molecular weight is 557 g/mol. The molecule has 0 fully saturated rings. The standard InChI is InChI=1S/C21H25FN6O5S3/c1-12(2)11-33-16-8-13(22)4-5-14(16)26-17(29)9-18(30)28-21-27-15(10-25-36(3,31)32)19(35-21)34-20-23-6-7-24-20/h4-8,12,25H,9-11H2,1-3H3,(H,23,24)(H,26,29)(H,27,28,30). The third kappa shape index (κ3) is 8.89. The molecule has 0 aliphatic carbocycles. The zero-order valence-corrected chi connectivity index (χ0v) is 22.1. The molecule has 4 N–H and O–H groups in total. The quantitative estimate of drug-likeness (QED) is 0.248. The van der Waals surface area contributed by atoms with Crippen molar-refractivity contribution < 1.29 is 27.1 Å². The second-order valence-electron chi connectivity index (χ2n) is 7.96. The summed E-state index contributed by atoms with van der Waals surface area (Å²) in [7, 11) is -3.47. The Bertz CT molecular complexity index is 1310. The van der Waals surface area contributed by atoms with Crippen LogP contribution in [0.3, 0.4) is 0 Å². The number of aromatic nitrogens is 3. The number of rotatable bonds is 12. The molecule has 0 aliphatic rings. The first-order chi connectivity index (χ1) is 17.0. The van der Waals surface area contributed by atoms with Crippen LogP contribution in [-0.4, -0.2) is 48.0 Å². The number of carbonyl (C=O) groups excluding carboxylic acids is 2. The van der Waals surface area contributed by atoms with E-state index in [0.717, 1.165) is 23.7 Å². The molecule has 3 aromatic rings. The maximum atomic E-state index is 13.6. The summed E-state index contributed by atoms with van der Waals surface area (Å²) < 4.78 is 45.2. The molecule has 0 aliphatic heterocycles. The normalized spacial score (nSPS) is 11.5. The van der Waals surface area contributed by atoms with Crippen molar-refractivity contribution in [3.8, 4) is 5.75 Å². The van der Waals surface area contributed by atoms with Crippen molar-refractivity contribution >= 4 is 55.8 Å². The van der Waals surface area contributed by atoms with Crippen molar-refractivity contribution in [3.05, 3.63) is 42.1 Å². The topological polar surface area (TPSA) is 155 Å². The minimum absolute atomic E-state index is 0.0849. The molecule has 0 radical (unpaired) electrons. The van der Waals surface area contributed by atoms with Gasteiger partial charge in [-0.2, -0.15) is 0 Å². The molecule has 0 atom stereocenters. The van der Waals surface area contributed by atoms with Crippen LogP contribution in [0.2, 0.25) is 0 Å². The molecule has 2 aromatic heterocycles. The third-order valence-corrected chi connectivity index (χ3v) is 7.00. The molecule has 0 bridgehead atoms. The highest BCUT2D eigenvalue weighted by atomic mass is 32.2. The number of hydrogen-bond donors (Lipinski definition) is 4. The first-order valence-electron chi connectivity index (χ1n) is 10.6. The lowest BCUT2D eigenvalue weighted by atomic mass is 10.2. The lowest BCUT2D eigenvalue weighted by Gasteiger charge is -2.14. The molecular weight excluding hydrogens is 531 g/mol. The van der Waals surface area contributed by atoms with Crippen LogP contribution in [0.15, 0.2) is 40.0 Å². The first-order valence-corrected chi connectivity index (χ1v) is 14.1. The SMILES string of the molecule is CC(C)COc1cc(F)ccc1NC(=O)CC(=O)Nc1nc(CNS(C)(=O)=O)c(Sc2ncc[nH]2)s1. The maximum absolute atomic E-state index is 13.6. The Kier molecular flexibility index (Phi) is 9.42. The van der Waals surface area contributed by atoms with Crippen LogP contribution < -0.4 is 20.1 Å². The van der Waals surface area contributed by atoms with Gasteiger partial charge in [-0.25, -0.2) is 27.5 Å². The van der Waals surface area contributed by atoms with Crippen molar-refractivity contribution in [2.45, 2.75) is 36.2 Å². The number of amides is 2. The summed E-state index contributed by atoms with van der Waals surface area (Å²) in [6, 6.07) is 3.70. The fraction of sp³-hybridized carbons (Fsp3) is 0.333. The summed E-state index contributed by atoms with van der Waals surface area (Å²) in [5, 5.41) is 5.87. The maximum Gasteiger partial charge on any atom is 0.235 e. The zero-order chi connectivity index (χ0) is 26.3. The van der Waals surface area contributed by atoms with Crippen LogP contribution in [0, 0.1) is 11.7 Å². The van der Waals surface area contributed by atoms with E-state index < -0.39 is 34.1 Å². The van der Waals surface area contributed by atoms with E-state index in [0.29, 0.717) is 21.7 Å². The Balaban J connectivity index is 1.65. The van der Waals surface area contributed by atoms with Crippen LogP contribution in [0.1, 0.15) is 26.0 Å². The van der Waals surface area contributed by atoms with Gasteiger partial charge in [-0.3, -0.25) is 9.59 Å². The van der Waals surface area contributed by atoms with Gasteiger partial charge in [-0.1, -0.05) is 25.2 Å². The number of nitrogens with one attached hydrogen (secondary N) is 4. The highest BCUT2D eigenvalue weighted by molar-refractivity contribution is 8.01. The number of imidazole rings is 1. The molecule has 0 saturated heterocycles. The summed E-state index contributed by atoms with van der Waals surface area (Å²) in [5.41, 5.74) is 0.639. The summed E-state index contributed by atoms with van der Waals surface area (Å²) in [6.07, 6.45) is 3.71. The van der Waals surface area contributed by atoms with Crippen molar-refractivity contribution in [2.24, 2.45) is 5.92 Å². The lowest BCUT2D eigenvalue weighted by molar-refractivity contribution is -0.123. The highest BCUT2D eigenvalue weighted by Crippen LogP contribution is 2.36. The van der Waals surface area contributed by atoms with Gasteiger partial charge in [-0.05, 0) is 29.8 Å². The van der Waals surface area contributed by atoms with Gasteiger partial charge in [0, 0.05) is 18.5 Å². The smallest absolute Gasteiger partial charge is 0.235 e. The Morgan fingerprint density at radius 3 is 2.67 bits per heavy atom. The Morgan fingerprint density at radius 2 is 2.00 bits per heavy atom. The van der Waals surface area contributed by atoms with Crippen LogP contribution in [0.25, 0.3) is 0 Å². The van der Waals surface area contributed by atoms with Crippen molar-refractivity contribution in [1.82, 2.24) is 19.7 Å². The fourth-order valence-corrected chi connectivity index (χ4v) is 5.08. The molecule has 3 rings (SSSR count). The highest BCUT2D eigenvalue weighted by Gasteiger charge is 2.19. The summed E-state index contributed by atoms with van der Waals surface area (Å²) >= 11 is 2.34. The zero-order valence-electron chi connectivity index (χ0n) is 19.6. The molecule has 2 amide bonds. The van der Waals surface area contributed by atoms with E-state index in [2.05, 4.69) is 30.3 Å². The van der Waals surface area contributed by atoms with Gasteiger partial charge in [-0.15, -0.1) is 0 Å². The van der Waals surface area contributed by atoms with Crippen LogP contribution in [0.4, 0.5) is 15.2 Å². The van der Waals surface area contributed by atoms with Crippen molar-refractivity contribution in [3.63, 3.8) is 0 Å². The van der Waals surface area contributed by atoms with Crippen LogP contribution in [-0.2, 0) is 26.2 Å².